The summed E-state index contributed by atoms with van der Waals surface area (Å²) in [4.78, 5) is 12.1. The van der Waals surface area contributed by atoms with Crippen molar-refractivity contribution in [2.75, 3.05) is 16.4 Å². The van der Waals surface area contributed by atoms with Gasteiger partial charge in [-0.15, -0.1) is 10.2 Å². The molecule has 0 aliphatic rings. The molecule has 2 aromatic carbocycles. The van der Waals surface area contributed by atoms with Crippen molar-refractivity contribution in [1.29, 1.82) is 0 Å². The average molecular weight is 413 g/mol. The van der Waals surface area contributed by atoms with Crippen molar-refractivity contribution in [2.24, 2.45) is 0 Å². The van der Waals surface area contributed by atoms with Gasteiger partial charge in [-0.25, -0.2) is 0 Å². The Morgan fingerprint density at radius 3 is 2.36 bits per heavy atom. The molecule has 1 aromatic heterocycles. The molecule has 0 saturated carbocycles. The molecule has 5 nitrogen and oxygen atoms in total. The lowest BCUT2D eigenvalue weighted by Gasteiger charge is -2.06. The zero-order chi connectivity index (χ0) is 19.9. The van der Waals surface area contributed by atoms with Crippen molar-refractivity contribution in [3.63, 3.8) is 0 Å². The van der Waals surface area contributed by atoms with Crippen LogP contribution in [0.2, 0.25) is 0 Å². The summed E-state index contributed by atoms with van der Waals surface area (Å²) in [6, 6.07) is 16.2. The molecule has 146 valence electrons. The van der Waals surface area contributed by atoms with E-state index in [0.29, 0.717) is 11.7 Å². The van der Waals surface area contributed by atoms with Gasteiger partial charge in [0.25, 0.3) is 0 Å². The van der Waals surface area contributed by atoms with Crippen molar-refractivity contribution in [3.05, 3.63) is 59.7 Å². The molecule has 3 aromatic rings. The van der Waals surface area contributed by atoms with E-state index < -0.39 is 0 Å². The largest absolute Gasteiger partial charge is 0.330 e. The molecule has 0 atom stereocenters. The number of carbonyl (C=O) groups excluding carboxylic acids is 1. The topological polar surface area (TPSA) is 66.9 Å². The van der Waals surface area contributed by atoms with Crippen LogP contribution in [0.25, 0.3) is 0 Å². The summed E-state index contributed by atoms with van der Waals surface area (Å²) in [7, 11) is 0. The van der Waals surface area contributed by atoms with Crippen LogP contribution in [0.4, 0.5) is 16.5 Å². The fourth-order valence-corrected chi connectivity index (χ4v) is 4.11. The van der Waals surface area contributed by atoms with Crippen LogP contribution in [0.15, 0.2) is 52.9 Å². The molecule has 0 bridgehead atoms. The van der Waals surface area contributed by atoms with Gasteiger partial charge in [-0.05, 0) is 47.7 Å². The van der Waals surface area contributed by atoms with Gasteiger partial charge in [0.2, 0.25) is 11.0 Å². The summed E-state index contributed by atoms with van der Waals surface area (Å²) < 4.78 is 0.762. The van der Waals surface area contributed by atoms with Crippen LogP contribution in [-0.4, -0.2) is 21.9 Å². The molecule has 0 saturated heterocycles. The molecule has 0 aliphatic heterocycles. The highest BCUT2D eigenvalue weighted by Crippen LogP contribution is 2.28. The zero-order valence-electron chi connectivity index (χ0n) is 16.2. The number of hydrogen-bond donors (Lipinski definition) is 2. The van der Waals surface area contributed by atoms with E-state index in [4.69, 9.17) is 0 Å². The molecular weight excluding hydrogens is 388 g/mol. The van der Waals surface area contributed by atoms with E-state index in [0.717, 1.165) is 27.3 Å². The van der Waals surface area contributed by atoms with Crippen molar-refractivity contribution >= 4 is 45.5 Å². The van der Waals surface area contributed by atoms with E-state index in [1.54, 1.807) is 0 Å². The van der Waals surface area contributed by atoms with E-state index in [1.165, 1.54) is 34.2 Å². The molecule has 0 aliphatic carbocycles. The van der Waals surface area contributed by atoms with E-state index in [2.05, 4.69) is 53.7 Å². The predicted octanol–water partition coefficient (Wildman–Crippen LogP) is 5.70. The van der Waals surface area contributed by atoms with E-state index in [1.807, 2.05) is 36.4 Å². The Hall–Kier alpha value is -2.38. The number of carbonyl (C=O) groups is 1. The number of amides is 1. The molecule has 0 spiro atoms. The average Bonchev–Trinajstić information content (AvgIpc) is 3.15. The van der Waals surface area contributed by atoms with Crippen LogP contribution in [0, 0.1) is 0 Å². The first-order valence-corrected chi connectivity index (χ1v) is 11.1. The van der Waals surface area contributed by atoms with E-state index >= 15 is 0 Å². The number of hydrogen-bond acceptors (Lipinski definition) is 6. The summed E-state index contributed by atoms with van der Waals surface area (Å²) in [5.41, 5.74) is 4.34. The Balaban J connectivity index is 1.49. The predicted molar refractivity (Wildman–Crippen MR) is 119 cm³/mol. The molecule has 2 N–H and O–H groups in total. The highest BCUT2D eigenvalue weighted by Gasteiger charge is 2.09. The Morgan fingerprint density at radius 2 is 1.71 bits per heavy atom. The summed E-state index contributed by atoms with van der Waals surface area (Å²) in [5, 5.41) is 15.2. The molecule has 3 rings (SSSR count). The molecule has 7 heteroatoms. The monoisotopic (exact) mass is 412 g/mol. The maximum Gasteiger partial charge on any atom is 0.234 e. The van der Waals surface area contributed by atoms with Gasteiger partial charge in [0, 0.05) is 11.4 Å². The smallest absolute Gasteiger partial charge is 0.234 e. The molecule has 0 radical (unpaired) electrons. The van der Waals surface area contributed by atoms with Gasteiger partial charge in [0.1, 0.15) is 0 Å². The maximum absolute atomic E-state index is 12.1. The number of aromatic nitrogens is 2. The summed E-state index contributed by atoms with van der Waals surface area (Å²) >= 11 is 2.83. The van der Waals surface area contributed by atoms with E-state index in [-0.39, 0.29) is 5.91 Å². The van der Waals surface area contributed by atoms with Gasteiger partial charge in [-0.1, -0.05) is 68.1 Å². The van der Waals surface area contributed by atoms with Crippen LogP contribution in [0.5, 0.6) is 0 Å². The van der Waals surface area contributed by atoms with Crippen LogP contribution in [-0.2, 0) is 11.2 Å². The number of aryl methyl sites for hydroxylation is 1. The van der Waals surface area contributed by atoms with Gasteiger partial charge in [-0.3, -0.25) is 4.79 Å². The number of benzene rings is 2. The Bertz CT molecular complexity index is 905. The van der Waals surface area contributed by atoms with Crippen molar-refractivity contribution in [3.8, 4) is 0 Å². The first kappa shape index (κ1) is 20.4. The Morgan fingerprint density at radius 1 is 1.04 bits per heavy atom. The molecule has 0 unspecified atom stereocenters. The van der Waals surface area contributed by atoms with Gasteiger partial charge in [0.05, 0.1) is 5.75 Å². The number of anilines is 3. The fourth-order valence-electron chi connectivity index (χ4n) is 2.54. The van der Waals surface area contributed by atoms with Crippen LogP contribution in [0.1, 0.15) is 37.8 Å². The molecular formula is C21H24N4OS2. The lowest BCUT2D eigenvalue weighted by molar-refractivity contribution is -0.113. The van der Waals surface area contributed by atoms with Gasteiger partial charge >= 0.3 is 0 Å². The van der Waals surface area contributed by atoms with Crippen molar-refractivity contribution in [1.82, 2.24) is 10.2 Å². The van der Waals surface area contributed by atoms with Gasteiger partial charge in [0.15, 0.2) is 4.34 Å². The highest BCUT2D eigenvalue weighted by molar-refractivity contribution is 8.01. The van der Waals surface area contributed by atoms with Crippen LogP contribution in [0.3, 0.4) is 0 Å². The minimum atomic E-state index is -0.0526. The lowest BCUT2D eigenvalue weighted by Crippen LogP contribution is -2.13. The maximum atomic E-state index is 12.1. The normalized spacial score (nSPS) is 10.9. The number of rotatable bonds is 8. The molecule has 28 heavy (non-hydrogen) atoms. The summed E-state index contributed by atoms with van der Waals surface area (Å²) in [6.07, 6.45) is 0.985. The molecule has 1 heterocycles. The third-order valence-corrected chi connectivity index (χ3v) is 6.18. The highest BCUT2D eigenvalue weighted by atomic mass is 32.2. The van der Waals surface area contributed by atoms with Crippen molar-refractivity contribution < 1.29 is 4.79 Å². The molecule has 1 amide bonds. The van der Waals surface area contributed by atoms with Crippen LogP contribution < -0.4 is 10.6 Å². The van der Waals surface area contributed by atoms with Crippen molar-refractivity contribution in [2.45, 2.75) is 37.4 Å². The van der Waals surface area contributed by atoms with Gasteiger partial charge < -0.3 is 10.6 Å². The molecule has 0 fully saturated rings. The second kappa shape index (κ2) is 9.71. The zero-order valence-corrected chi connectivity index (χ0v) is 17.9. The lowest BCUT2D eigenvalue weighted by atomic mass is 10.0. The second-order valence-corrected chi connectivity index (χ2v) is 8.86. The minimum Gasteiger partial charge on any atom is -0.330 e. The van der Waals surface area contributed by atoms with Gasteiger partial charge in [-0.2, -0.15) is 0 Å². The minimum absolute atomic E-state index is 0.0526. The number of nitrogens with zero attached hydrogens (tertiary/aromatic N) is 2. The first-order valence-electron chi connectivity index (χ1n) is 9.25. The second-order valence-electron chi connectivity index (χ2n) is 6.66. The van der Waals surface area contributed by atoms with E-state index in [9.17, 15) is 4.79 Å². The first-order chi connectivity index (χ1) is 13.5. The standard InChI is InChI=1S/C21H24N4OS2/c1-4-15-5-9-17(10-6-15)22-19(26)13-27-21-25-24-20(28-21)23-18-11-7-16(8-12-18)14(2)3/h5-12,14H,4,13H2,1-3H3,(H,22,26)(H,23,24). The third-order valence-electron chi connectivity index (χ3n) is 4.21. The SMILES string of the molecule is CCc1ccc(NC(=O)CSc2nnc(Nc3ccc(C(C)C)cc3)s2)cc1. The summed E-state index contributed by atoms with van der Waals surface area (Å²) in [6.45, 7) is 6.45. The number of thioether (sulfide) groups is 1. The Kier molecular flexibility index (Phi) is 7.06. The third kappa shape index (κ3) is 5.81. The Labute approximate surface area is 174 Å². The number of nitrogens with one attached hydrogen (secondary N) is 2. The quantitative estimate of drug-likeness (QED) is 0.465. The van der Waals surface area contributed by atoms with Crippen LogP contribution >= 0.6 is 23.1 Å². The fraction of sp³-hybridized carbons (Fsp3) is 0.286. The summed E-state index contributed by atoms with van der Waals surface area (Å²) in [5.74, 6) is 0.755.